The molecule has 0 saturated carbocycles. The van der Waals surface area contributed by atoms with Gasteiger partial charge in [-0.2, -0.15) is 4.31 Å². The van der Waals surface area contributed by atoms with Gasteiger partial charge in [0, 0.05) is 32.4 Å². The molecule has 0 aliphatic carbocycles. The molecule has 0 atom stereocenters. The van der Waals surface area contributed by atoms with Crippen LogP contribution in [0.5, 0.6) is 5.75 Å². The number of rotatable bonds is 4. The topological polar surface area (TPSA) is 94.6 Å². The molecule has 3 heterocycles. The van der Waals surface area contributed by atoms with Crippen molar-refractivity contribution in [1.29, 1.82) is 0 Å². The number of sulfonamides is 1. The molecular weight excluding hydrogens is 334 g/mol. The van der Waals surface area contributed by atoms with Gasteiger partial charge in [0.2, 0.25) is 0 Å². The zero-order valence-electron chi connectivity index (χ0n) is 13.5. The van der Waals surface area contributed by atoms with Gasteiger partial charge < -0.3 is 13.7 Å². The lowest BCUT2D eigenvalue weighted by Crippen LogP contribution is -2.41. The van der Waals surface area contributed by atoms with Gasteiger partial charge in [-0.05, 0) is 19.8 Å². The Balaban J connectivity index is 1.64. The molecule has 0 aromatic carbocycles. The van der Waals surface area contributed by atoms with Gasteiger partial charge in [0.1, 0.15) is 17.6 Å². The van der Waals surface area contributed by atoms with E-state index < -0.39 is 15.6 Å². The Labute approximate surface area is 139 Å². The predicted molar refractivity (Wildman–Crippen MR) is 85.3 cm³/mol. The van der Waals surface area contributed by atoms with Crippen LogP contribution in [0.2, 0.25) is 0 Å². The lowest BCUT2D eigenvalue weighted by atomic mass is 10.1. The Hall–Kier alpha value is -2.13. The maximum absolute atomic E-state index is 12.5. The molecule has 0 radical (unpaired) electrons. The van der Waals surface area contributed by atoms with E-state index in [1.165, 1.54) is 22.9 Å². The number of hydrogen-bond donors (Lipinski definition) is 0. The minimum Gasteiger partial charge on any atom is -0.490 e. The third-order valence-electron chi connectivity index (χ3n) is 3.86. The highest BCUT2D eigenvalue weighted by molar-refractivity contribution is 7.89. The average molecular weight is 353 g/mol. The fourth-order valence-corrected chi connectivity index (χ4v) is 4.12. The first kappa shape index (κ1) is 16.7. The van der Waals surface area contributed by atoms with Crippen LogP contribution >= 0.6 is 0 Å². The number of imidazole rings is 1. The molecule has 2 aromatic rings. The fourth-order valence-electron chi connectivity index (χ4n) is 2.68. The number of ether oxygens (including phenoxy) is 1. The van der Waals surface area contributed by atoms with Crippen molar-refractivity contribution >= 4 is 10.0 Å². The second-order valence-electron chi connectivity index (χ2n) is 5.82. The minimum absolute atomic E-state index is 0.0562. The summed E-state index contributed by atoms with van der Waals surface area (Å²) in [7, 11) is -1.84. The zero-order valence-corrected chi connectivity index (χ0v) is 14.3. The number of aromatic nitrogens is 2. The highest BCUT2D eigenvalue weighted by atomic mass is 32.2. The van der Waals surface area contributed by atoms with Gasteiger partial charge in [0.05, 0.1) is 12.4 Å². The summed E-state index contributed by atoms with van der Waals surface area (Å²) >= 11 is 0. The first-order chi connectivity index (χ1) is 11.3. The summed E-state index contributed by atoms with van der Waals surface area (Å²) < 4.78 is 38.7. The molecule has 130 valence electrons. The van der Waals surface area contributed by atoms with Gasteiger partial charge in [-0.15, -0.1) is 0 Å². The average Bonchev–Trinajstić information content (AvgIpc) is 2.94. The van der Waals surface area contributed by atoms with Gasteiger partial charge in [-0.3, -0.25) is 0 Å². The predicted octanol–water partition coefficient (Wildman–Crippen LogP) is 0.914. The Morgan fingerprint density at radius 1 is 1.29 bits per heavy atom. The number of nitrogens with zero attached hydrogens (tertiary/aromatic N) is 3. The monoisotopic (exact) mass is 353 g/mol. The van der Waals surface area contributed by atoms with Gasteiger partial charge in [-0.1, -0.05) is 0 Å². The Morgan fingerprint density at radius 3 is 2.58 bits per heavy atom. The Morgan fingerprint density at radius 2 is 2.00 bits per heavy atom. The lowest BCUT2D eigenvalue weighted by Gasteiger charge is -2.30. The van der Waals surface area contributed by atoms with Crippen molar-refractivity contribution in [2.45, 2.75) is 30.9 Å². The standard InChI is InChI=1S/C15H19N3O5S/c1-11-7-13(8-15(19)22-11)23-12-3-5-18(6-4-12)24(20,21)14-9-17(2)10-16-14/h7-10,12H,3-6H2,1-2H3. The van der Waals surface area contributed by atoms with Crippen molar-refractivity contribution in [3.8, 4) is 5.75 Å². The van der Waals surface area contributed by atoms with E-state index in [1.54, 1.807) is 24.6 Å². The van der Waals surface area contributed by atoms with Gasteiger partial charge in [0.15, 0.2) is 5.03 Å². The third kappa shape index (κ3) is 3.51. The molecule has 1 aliphatic heterocycles. The zero-order chi connectivity index (χ0) is 17.3. The van der Waals surface area contributed by atoms with E-state index in [0.29, 0.717) is 37.4 Å². The van der Waals surface area contributed by atoms with E-state index in [0.717, 1.165) is 0 Å². The van der Waals surface area contributed by atoms with E-state index in [4.69, 9.17) is 9.15 Å². The SMILES string of the molecule is Cc1cc(OC2CCN(S(=O)(=O)c3cn(C)cn3)CC2)cc(=O)o1. The van der Waals surface area contributed by atoms with Crippen LogP contribution in [0.3, 0.4) is 0 Å². The molecule has 2 aromatic heterocycles. The van der Waals surface area contributed by atoms with Crippen LogP contribution in [0.1, 0.15) is 18.6 Å². The largest absolute Gasteiger partial charge is 0.490 e. The second kappa shape index (κ2) is 6.40. The number of piperidine rings is 1. The van der Waals surface area contributed by atoms with E-state index in [2.05, 4.69) is 4.98 Å². The lowest BCUT2D eigenvalue weighted by molar-refractivity contribution is 0.134. The van der Waals surface area contributed by atoms with Crippen LogP contribution in [-0.2, 0) is 17.1 Å². The normalized spacial score (nSPS) is 17.1. The summed E-state index contributed by atoms with van der Waals surface area (Å²) in [4.78, 5) is 15.3. The van der Waals surface area contributed by atoms with Crippen LogP contribution in [0.15, 0.2) is 38.9 Å². The van der Waals surface area contributed by atoms with Gasteiger partial charge in [0.25, 0.3) is 10.0 Å². The Kier molecular flexibility index (Phi) is 4.46. The molecule has 0 unspecified atom stereocenters. The smallest absolute Gasteiger partial charge is 0.339 e. The molecule has 8 nitrogen and oxygen atoms in total. The van der Waals surface area contributed by atoms with E-state index >= 15 is 0 Å². The highest BCUT2D eigenvalue weighted by Crippen LogP contribution is 2.22. The van der Waals surface area contributed by atoms with E-state index in [1.807, 2.05) is 0 Å². The maximum Gasteiger partial charge on any atom is 0.339 e. The summed E-state index contributed by atoms with van der Waals surface area (Å²) in [6.45, 7) is 2.38. The van der Waals surface area contributed by atoms with Crippen molar-refractivity contribution in [2.24, 2.45) is 7.05 Å². The second-order valence-corrected chi connectivity index (χ2v) is 7.71. The van der Waals surface area contributed by atoms with Crippen LogP contribution in [0, 0.1) is 6.92 Å². The summed E-state index contributed by atoms with van der Waals surface area (Å²) in [6, 6.07) is 2.95. The molecule has 3 rings (SSSR count). The maximum atomic E-state index is 12.5. The summed E-state index contributed by atoms with van der Waals surface area (Å²) in [6.07, 6.45) is 3.91. The fraction of sp³-hybridized carbons (Fsp3) is 0.467. The molecular formula is C15H19N3O5S. The molecule has 9 heteroatoms. The first-order valence-electron chi connectivity index (χ1n) is 7.61. The van der Waals surface area contributed by atoms with Gasteiger partial charge in [-0.25, -0.2) is 18.2 Å². The van der Waals surface area contributed by atoms with Crippen LogP contribution in [0.4, 0.5) is 0 Å². The first-order valence-corrected chi connectivity index (χ1v) is 9.05. The van der Waals surface area contributed by atoms with Crippen molar-refractivity contribution in [2.75, 3.05) is 13.1 Å². The molecule has 0 N–H and O–H groups in total. The summed E-state index contributed by atoms with van der Waals surface area (Å²) in [5, 5.41) is 0.0562. The van der Waals surface area contributed by atoms with Crippen LogP contribution < -0.4 is 10.4 Å². The van der Waals surface area contributed by atoms with E-state index in [-0.39, 0.29) is 11.1 Å². The van der Waals surface area contributed by atoms with Crippen molar-refractivity contribution in [1.82, 2.24) is 13.9 Å². The molecule has 0 bridgehead atoms. The van der Waals surface area contributed by atoms with Crippen LogP contribution in [-0.4, -0.2) is 41.5 Å². The van der Waals surface area contributed by atoms with Gasteiger partial charge >= 0.3 is 5.63 Å². The minimum atomic E-state index is -3.57. The number of aryl methyl sites for hydroxylation is 2. The van der Waals surface area contributed by atoms with E-state index in [9.17, 15) is 13.2 Å². The highest BCUT2D eigenvalue weighted by Gasteiger charge is 2.31. The molecule has 1 fully saturated rings. The third-order valence-corrected chi connectivity index (χ3v) is 5.64. The number of hydrogen-bond acceptors (Lipinski definition) is 6. The summed E-state index contributed by atoms with van der Waals surface area (Å²) in [5.41, 5.74) is -0.458. The summed E-state index contributed by atoms with van der Waals surface area (Å²) in [5.74, 6) is 0.933. The molecule has 24 heavy (non-hydrogen) atoms. The molecule has 1 aliphatic rings. The Bertz CT molecular complexity index is 879. The molecule has 1 saturated heterocycles. The van der Waals surface area contributed by atoms with Crippen LogP contribution in [0.25, 0.3) is 0 Å². The van der Waals surface area contributed by atoms with Crippen molar-refractivity contribution in [3.63, 3.8) is 0 Å². The quantitative estimate of drug-likeness (QED) is 0.811. The van der Waals surface area contributed by atoms with Crippen molar-refractivity contribution in [3.05, 3.63) is 40.8 Å². The molecule has 0 amide bonds. The van der Waals surface area contributed by atoms with Crippen molar-refractivity contribution < 1.29 is 17.6 Å². The molecule has 0 spiro atoms.